The number of ether oxygens (including phenoxy) is 2. The normalized spacial score (nSPS) is 30.8. The lowest BCUT2D eigenvalue weighted by atomic mass is 9.54. The van der Waals surface area contributed by atoms with Crippen LogP contribution in [0, 0.1) is 39.9 Å². The number of hydrogen-bond donors (Lipinski definition) is 0. The van der Waals surface area contributed by atoms with Crippen molar-refractivity contribution in [3.8, 4) is 12.1 Å². The van der Waals surface area contributed by atoms with E-state index in [1.807, 2.05) is 26.0 Å². The number of rotatable bonds is 2. The van der Waals surface area contributed by atoms with E-state index in [1.165, 1.54) is 0 Å². The maximum absolute atomic E-state index is 13.2. The van der Waals surface area contributed by atoms with Crippen molar-refractivity contribution in [1.82, 2.24) is 0 Å². The molecule has 5 aliphatic rings. The Labute approximate surface area is 158 Å². The molecule has 2 fully saturated rings. The fraction of sp³-hybridized carbons (Fsp3) is 0.500. The lowest BCUT2D eigenvalue weighted by molar-refractivity contribution is -0.138. The summed E-state index contributed by atoms with van der Waals surface area (Å²) in [5, 5.41) is 18.8. The van der Waals surface area contributed by atoms with Crippen molar-refractivity contribution < 1.29 is 14.3 Å². The van der Waals surface area contributed by atoms with Gasteiger partial charge in [-0.3, -0.25) is 0 Å². The first-order valence-electron chi connectivity index (χ1n) is 9.51. The van der Waals surface area contributed by atoms with Gasteiger partial charge in [0.15, 0.2) is 11.3 Å². The average molecular weight is 360 g/mol. The Morgan fingerprint density at radius 3 is 2.26 bits per heavy atom. The highest BCUT2D eigenvalue weighted by Gasteiger charge is 2.73. The number of nitriles is 2. The molecule has 0 unspecified atom stereocenters. The summed E-state index contributed by atoms with van der Waals surface area (Å²) in [4.78, 5) is 13.2. The molecule has 5 rings (SSSR count). The van der Waals surface area contributed by atoms with Gasteiger partial charge in [-0.15, -0.1) is 0 Å². The van der Waals surface area contributed by atoms with Crippen molar-refractivity contribution in [3.63, 3.8) is 0 Å². The number of carbonyl (C=O) groups excluding carboxylic acids is 1. The zero-order chi connectivity index (χ0) is 19.1. The number of esters is 1. The molecule has 1 atom stereocenters. The third kappa shape index (κ3) is 1.75. The van der Waals surface area contributed by atoms with Crippen molar-refractivity contribution in [2.24, 2.45) is 17.3 Å². The predicted molar refractivity (Wildman–Crippen MR) is 95.2 cm³/mol. The summed E-state index contributed by atoms with van der Waals surface area (Å²) in [6.45, 7) is 6.01. The summed E-state index contributed by atoms with van der Waals surface area (Å²) in [5.74, 6) is 1.30. The quantitative estimate of drug-likeness (QED) is 0.549. The van der Waals surface area contributed by atoms with E-state index >= 15 is 0 Å². The molecule has 136 valence electrons. The smallest absolute Gasteiger partial charge is 0.341 e. The molecule has 0 N–H and O–H groups in total. The van der Waals surface area contributed by atoms with Crippen LogP contribution in [0.1, 0.15) is 46.5 Å². The van der Waals surface area contributed by atoms with Crippen molar-refractivity contribution in [3.05, 3.63) is 45.5 Å². The molecular formula is C22H20N2O3. The topological polar surface area (TPSA) is 83.1 Å². The highest BCUT2D eigenvalue weighted by molar-refractivity contribution is 6.00. The van der Waals surface area contributed by atoms with Gasteiger partial charge in [0.25, 0.3) is 0 Å². The van der Waals surface area contributed by atoms with Gasteiger partial charge in [0.05, 0.1) is 16.7 Å². The minimum Gasteiger partial charge on any atom is -0.487 e. The first-order chi connectivity index (χ1) is 12.9. The van der Waals surface area contributed by atoms with Crippen LogP contribution in [0.2, 0.25) is 0 Å². The van der Waals surface area contributed by atoms with Crippen LogP contribution in [0.3, 0.4) is 0 Å². The molecule has 5 heteroatoms. The van der Waals surface area contributed by atoms with Gasteiger partial charge in [-0.2, -0.15) is 10.5 Å². The van der Waals surface area contributed by atoms with Crippen LogP contribution in [0.15, 0.2) is 45.5 Å². The fourth-order valence-corrected chi connectivity index (χ4v) is 5.94. The summed E-state index contributed by atoms with van der Waals surface area (Å²) >= 11 is 0. The number of carbonyl (C=O) groups is 1. The molecule has 0 bridgehead atoms. The summed E-state index contributed by atoms with van der Waals surface area (Å²) in [5.41, 5.74) is 2.07. The van der Waals surface area contributed by atoms with E-state index in [4.69, 9.17) is 9.47 Å². The van der Waals surface area contributed by atoms with E-state index in [0.717, 1.165) is 42.6 Å². The molecule has 2 aliphatic heterocycles. The Kier molecular flexibility index (Phi) is 2.99. The SMILES string of the molecule is CC1=CC2=C(C)C3=C(C(=O)OC3=C(C#N)C#N)C(C3CC3)(C3CC3)[C@]2(C)O1. The second-order valence-corrected chi connectivity index (χ2v) is 8.41. The molecule has 0 radical (unpaired) electrons. The predicted octanol–water partition coefficient (Wildman–Crippen LogP) is 3.97. The van der Waals surface area contributed by atoms with Crippen molar-refractivity contribution in [1.29, 1.82) is 10.5 Å². The Bertz CT molecular complexity index is 991. The van der Waals surface area contributed by atoms with E-state index in [2.05, 4.69) is 13.0 Å². The van der Waals surface area contributed by atoms with Gasteiger partial charge in [0.2, 0.25) is 0 Å². The second-order valence-electron chi connectivity index (χ2n) is 8.41. The number of fused-ring (bicyclic) bond motifs is 1. The maximum Gasteiger partial charge on any atom is 0.341 e. The fourth-order valence-electron chi connectivity index (χ4n) is 5.94. The van der Waals surface area contributed by atoms with Gasteiger partial charge in [-0.1, -0.05) is 0 Å². The van der Waals surface area contributed by atoms with Crippen molar-refractivity contribution >= 4 is 5.97 Å². The Morgan fingerprint density at radius 1 is 1.15 bits per heavy atom. The highest BCUT2D eigenvalue weighted by Crippen LogP contribution is 2.73. The van der Waals surface area contributed by atoms with Crippen LogP contribution in [0.25, 0.3) is 0 Å². The van der Waals surface area contributed by atoms with Crippen molar-refractivity contribution in [2.45, 2.75) is 52.1 Å². The van der Waals surface area contributed by atoms with Crippen LogP contribution in [0.4, 0.5) is 0 Å². The van der Waals surface area contributed by atoms with Crippen LogP contribution in [0.5, 0.6) is 0 Å². The van der Waals surface area contributed by atoms with E-state index < -0.39 is 17.0 Å². The third-order valence-electron chi connectivity index (χ3n) is 6.98. The molecule has 5 nitrogen and oxygen atoms in total. The largest absolute Gasteiger partial charge is 0.487 e. The van der Waals surface area contributed by atoms with Gasteiger partial charge >= 0.3 is 5.97 Å². The summed E-state index contributed by atoms with van der Waals surface area (Å²) in [6.07, 6.45) is 6.30. The number of allylic oxidation sites excluding steroid dienone is 3. The first-order valence-corrected chi connectivity index (χ1v) is 9.51. The lowest BCUT2D eigenvalue weighted by Crippen LogP contribution is -2.54. The lowest BCUT2D eigenvalue weighted by Gasteiger charge is -2.51. The second kappa shape index (κ2) is 4.93. The van der Waals surface area contributed by atoms with E-state index in [9.17, 15) is 15.3 Å². The minimum atomic E-state index is -0.601. The maximum atomic E-state index is 13.2. The van der Waals surface area contributed by atoms with Gasteiger partial charge in [0.1, 0.15) is 17.7 Å². The minimum absolute atomic E-state index is 0.135. The highest BCUT2D eigenvalue weighted by atomic mass is 16.5. The molecule has 0 aromatic carbocycles. The molecule has 0 aromatic rings. The number of nitrogens with zero attached hydrogens (tertiary/aromatic N) is 2. The van der Waals surface area contributed by atoms with E-state index in [-0.39, 0.29) is 11.3 Å². The zero-order valence-electron chi connectivity index (χ0n) is 15.7. The van der Waals surface area contributed by atoms with Crippen LogP contribution >= 0.6 is 0 Å². The van der Waals surface area contributed by atoms with E-state index in [0.29, 0.717) is 23.0 Å². The molecule has 0 amide bonds. The Balaban J connectivity index is 1.90. The van der Waals surface area contributed by atoms with Crippen LogP contribution in [-0.4, -0.2) is 11.6 Å². The molecule has 27 heavy (non-hydrogen) atoms. The first kappa shape index (κ1) is 16.4. The third-order valence-corrected chi connectivity index (χ3v) is 6.98. The Morgan fingerprint density at radius 2 is 1.74 bits per heavy atom. The summed E-state index contributed by atoms with van der Waals surface area (Å²) < 4.78 is 12.0. The number of cyclic esters (lactones) is 1. The van der Waals surface area contributed by atoms with Gasteiger partial charge in [0, 0.05) is 11.1 Å². The molecular weight excluding hydrogens is 340 g/mol. The van der Waals surface area contributed by atoms with Crippen LogP contribution in [-0.2, 0) is 14.3 Å². The van der Waals surface area contributed by atoms with Gasteiger partial charge < -0.3 is 9.47 Å². The molecule has 0 aromatic heterocycles. The molecule has 0 spiro atoms. The van der Waals surface area contributed by atoms with E-state index in [1.54, 1.807) is 0 Å². The summed E-state index contributed by atoms with van der Waals surface area (Å²) in [6, 6.07) is 3.80. The zero-order valence-corrected chi connectivity index (χ0v) is 15.7. The van der Waals surface area contributed by atoms with Gasteiger partial charge in [-0.25, -0.2) is 4.79 Å². The molecule has 3 aliphatic carbocycles. The monoisotopic (exact) mass is 360 g/mol. The van der Waals surface area contributed by atoms with Gasteiger partial charge in [-0.05, 0) is 69.9 Å². The Hall–Kier alpha value is -2.79. The molecule has 2 saturated carbocycles. The summed E-state index contributed by atoms with van der Waals surface area (Å²) in [7, 11) is 0. The standard InChI is InChI=1S/C22H20N2O3/c1-11-8-16-12(2)17-18(20(25)26-19(17)13(9-23)10-24)22(14-4-5-14,15-6-7-15)21(16,3)27-11/h8,14-15H,4-7H2,1-3H3/t21-/m1/s1. The van der Waals surface area contributed by atoms with Crippen LogP contribution < -0.4 is 0 Å². The molecule has 2 heterocycles. The van der Waals surface area contributed by atoms with Crippen molar-refractivity contribution in [2.75, 3.05) is 0 Å². The number of hydrogen-bond acceptors (Lipinski definition) is 5. The molecule has 0 saturated heterocycles. The average Bonchev–Trinajstić information content (AvgIpc) is 3.53.